The third-order valence-electron chi connectivity index (χ3n) is 8.89. The summed E-state index contributed by atoms with van der Waals surface area (Å²) in [5.41, 5.74) is 0.714. The van der Waals surface area contributed by atoms with Crippen molar-refractivity contribution in [1.82, 2.24) is 10.3 Å². The minimum atomic E-state index is -0.0772. The molecule has 1 aromatic heterocycles. The van der Waals surface area contributed by atoms with Crippen LogP contribution in [0.3, 0.4) is 0 Å². The van der Waals surface area contributed by atoms with E-state index in [1.54, 1.807) is 11.8 Å². The number of aromatic nitrogens is 1. The number of esters is 1. The number of pyridine rings is 1. The monoisotopic (exact) mass is 455 g/mol. The summed E-state index contributed by atoms with van der Waals surface area (Å²) in [5.74, 6) is 5.75. The number of piperidine rings is 1. The van der Waals surface area contributed by atoms with Gasteiger partial charge in [0.2, 0.25) is 0 Å². The molecule has 5 aliphatic carbocycles. The van der Waals surface area contributed by atoms with E-state index in [4.69, 9.17) is 9.72 Å². The summed E-state index contributed by atoms with van der Waals surface area (Å²) in [5, 5.41) is 4.28. The van der Waals surface area contributed by atoms with Crippen molar-refractivity contribution in [3.63, 3.8) is 0 Å². The van der Waals surface area contributed by atoms with Gasteiger partial charge in [-0.3, -0.25) is 9.59 Å². The number of carbonyl (C=O) groups is 2. The highest BCUT2D eigenvalue weighted by Crippen LogP contribution is 2.54. The second-order valence-corrected chi connectivity index (χ2v) is 11.9. The number of rotatable bonds is 6. The molecule has 172 valence electrons. The third-order valence-corrected chi connectivity index (χ3v) is 9.76. The fourth-order valence-corrected chi connectivity index (χ4v) is 8.36. The Morgan fingerprint density at radius 2 is 1.75 bits per heavy atom. The van der Waals surface area contributed by atoms with Crippen molar-refractivity contribution in [3.8, 4) is 0 Å². The van der Waals surface area contributed by atoms with Crippen LogP contribution in [0.5, 0.6) is 0 Å². The molecule has 3 atom stereocenters. The van der Waals surface area contributed by atoms with Crippen LogP contribution in [-0.4, -0.2) is 48.9 Å². The lowest BCUT2D eigenvalue weighted by Gasteiger charge is -2.54. The molecule has 0 radical (unpaired) electrons. The Morgan fingerprint density at radius 3 is 2.34 bits per heavy atom. The number of thioether (sulfide) groups is 1. The summed E-state index contributed by atoms with van der Waals surface area (Å²) in [6.45, 7) is 3.78. The van der Waals surface area contributed by atoms with E-state index in [1.807, 2.05) is 12.1 Å². The fourth-order valence-electron chi connectivity index (χ4n) is 7.62. The minimum absolute atomic E-state index is 0.0486. The quantitative estimate of drug-likeness (QED) is 0.522. The smallest absolute Gasteiger partial charge is 0.309 e. The molecule has 7 heteroatoms. The summed E-state index contributed by atoms with van der Waals surface area (Å²) in [7, 11) is 1.47. The first kappa shape index (κ1) is 20.8. The molecule has 0 aromatic carbocycles. The van der Waals surface area contributed by atoms with E-state index in [1.165, 1.54) is 39.2 Å². The molecule has 7 rings (SSSR count). The Bertz CT molecular complexity index is 897. The van der Waals surface area contributed by atoms with E-state index in [-0.39, 0.29) is 17.8 Å². The van der Waals surface area contributed by atoms with Crippen LogP contribution >= 0.6 is 11.8 Å². The molecule has 5 saturated carbocycles. The second kappa shape index (κ2) is 7.93. The predicted octanol–water partition coefficient (Wildman–Crippen LogP) is 3.60. The van der Waals surface area contributed by atoms with Crippen molar-refractivity contribution in [3.05, 3.63) is 17.7 Å². The molecule has 1 amide bonds. The van der Waals surface area contributed by atoms with Crippen molar-refractivity contribution in [2.24, 2.45) is 41.4 Å². The van der Waals surface area contributed by atoms with Crippen molar-refractivity contribution < 1.29 is 14.3 Å². The molecule has 1 unspecified atom stereocenters. The van der Waals surface area contributed by atoms with Gasteiger partial charge in [0.1, 0.15) is 10.8 Å². The fraction of sp³-hybridized carbons (Fsp3) is 0.720. The molecule has 6 aliphatic rings. The van der Waals surface area contributed by atoms with E-state index < -0.39 is 0 Å². The molecule has 4 bridgehead atoms. The molecule has 0 spiro atoms. The lowest BCUT2D eigenvalue weighted by Crippen LogP contribution is -2.55. The van der Waals surface area contributed by atoms with E-state index in [0.717, 1.165) is 41.5 Å². The van der Waals surface area contributed by atoms with E-state index >= 15 is 0 Å². The molecule has 6 nitrogen and oxygen atoms in total. The van der Waals surface area contributed by atoms with Gasteiger partial charge < -0.3 is 15.0 Å². The Balaban J connectivity index is 1.16. The normalized spacial score (nSPS) is 38.5. The predicted molar refractivity (Wildman–Crippen MR) is 124 cm³/mol. The third kappa shape index (κ3) is 3.42. The average Bonchev–Trinajstić information content (AvgIpc) is 3.28. The standard InChI is InChI=1S/C25H33N3O3S/c1-3-32-24-17(23(29)27-22-15-7-13-6-14(9-15)10-16(22)8-13)4-5-20(26-24)28-11-18-19(12-28)21(18)25(30)31-2/h4-5,13-16,18-19,21-22H,3,6-12H2,1-2H3,(H,27,29)/t13?,14?,15?,16?,18-,19+,21?,22?. The molecular formula is C25H33N3O3S. The Kier molecular flexibility index (Phi) is 5.16. The number of hydrogen-bond donors (Lipinski definition) is 1. The number of hydrogen-bond acceptors (Lipinski definition) is 6. The maximum atomic E-state index is 13.3. The molecule has 32 heavy (non-hydrogen) atoms. The van der Waals surface area contributed by atoms with Crippen LogP contribution in [0.25, 0.3) is 0 Å². The number of ether oxygens (including phenoxy) is 1. The van der Waals surface area contributed by atoms with Crippen LogP contribution in [0.15, 0.2) is 17.2 Å². The number of nitrogens with zero attached hydrogens (tertiary/aromatic N) is 2. The molecule has 1 aliphatic heterocycles. The van der Waals surface area contributed by atoms with E-state index in [0.29, 0.717) is 35.3 Å². The Labute approximate surface area is 194 Å². The first-order valence-electron chi connectivity index (χ1n) is 12.3. The summed E-state index contributed by atoms with van der Waals surface area (Å²) in [6, 6.07) is 4.30. The van der Waals surface area contributed by atoms with Crippen LogP contribution < -0.4 is 10.2 Å². The highest BCUT2D eigenvalue weighted by atomic mass is 32.2. The lowest BCUT2D eigenvalue weighted by atomic mass is 9.54. The van der Waals surface area contributed by atoms with E-state index in [2.05, 4.69) is 17.1 Å². The first-order chi connectivity index (χ1) is 15.6. The van der Waals surface area contributed by atoms with Gasteiger partial charge in [0.25, 0.3) is 5.91 Å². The average molecular weight is 456 g/mol. The van der Waals surface area contributed by atoms with Gasteiger partial charge in [0.15, 0.2) is 0 Å². The first-order valence-corrected chi connectivity index (χ1v) is 13.3. The van der Waals surface area contributed by atoms with E-state index in [9.17, 15) is 9.59 Å². The maximum Gasteiger partial charge on any atom is 0.309 e. The zero-order valence-electron chi connectivity index (χ0n) is 19.0. The minimum Gasteiger partial charge on any atom is -0.469 e. The van der Waals surface area contributed by atoms with Gasteiger partial charge >= 0.3 is 5.97 Å². The van der Waals surface area contributed by atoms with Gasteiger partial charge in [-0.05, 0) is 85.5 Å². The van der Waals surface area contributed by atoms with Crippen LogP contribution in [0, 0.1) is 41.4 Å². The number of amides is 1. The molecule has 1 aromatic rings. The number of anilines is 1. The van der Waals surface area contributed by atoms with Crippen molar-refractivity contribution in [2.75, 3.05) is 30.9 Å². The number of methoxy groups -OCH3 is 1. The van der Waals surface area contributed by atoms with Crippen LogP contribution in [0.4, 0.5) is 5.82 Å². The molecular weight excluding hydrogens is 422 g/mol. The molecule has 1 saturated heterocycles. The maximum absolute atomic E-state index is 13.3. The summed E-state index contributed by atoms with van der Waals surface area (Å²) in [6.07, 6.45) is 6.63. The van der Waals surface area contributed by atoms with Gasteiger partial charge in [-0.25, -0.2) is 4.98 Å². The van der Waals surface area contributed by atoms with Gasteiger partial charge in [0, 0.05) is 19.1 Å². The number of fused-ring (bicyclic) bond motifs is 1. The lowest BCUT2D eigenvalue weighted by molar-refractivity contribution is -0.142. The number of nitrogens with one attached hydrogen (secondary N) is 1. The molecule has 1 N–H and O–H groups in total. The van der Waals surface area contributed by atoms with Gasteiger partial charge in [-0.15, -0.1) is 11.8 Å². The summed E-state index contributed by atoms with van der Waals surface area (Å²) >= 11 is 1.64. The van der Waals surface area contributed by atoms with Crippen LogP contribution in [0.2, 0.25) is 0 Å². The zero-order chi connectivity index (χ0) is 22.0. The Hall–Kier alpha value is -1.76. The van der Waals surface area contributed by atoms with Crippen LogP contribution in [0.1, 0.15) is 49.4 Å². The summed E-state index contributed by atoms with van der Waals surface area (Å²) < 4.78 is 4.92. The number of carbonyl (C=O) groups excluding carboxylic acids is 2. The summed E-state index contributed by atoms with van der Waals surface area (Å²) in [4.78, 5) is 32.4. The molecule has 2 heterocycles. The second-order valence-electron chi connectivity index (χ2n) is 10.7. The highest BCUT2D eigenvalue weighted by molar-refractivity contribution is 7.99. The zero-order valence-corrected chi connectivity index (χ0v) is 19.8. The highest BCUT2D eigenvalue weighted by Gasteiger charge is 2.60. The van der Waals surface area contributed by atoms with Crippen molar-refractivity contribution in [2.45, 2.75) is 50.1 Å². The van der Waals surface area contributed by atoms with Gasteiger partial charge in [-0.1, -0.05) is 6.92 Å². The largest absolute Gasteiger partial charge is 0.469 e. The molecule has 6 fully saturated rings. The topological polar surface area (TPSA) is 71.5 Å². The van der Waals surface area contributed by atoms with Crippen LogP contribution in [-0.2, 0) is 9.53 Å². The van der Waals surface area contributed by atoms with Crippen molar-refractivity contribution >= 4 is 29.5 Å². The SMILES string of the molecule is CCSc1nc(N2C[C@@H]3C(C(=O)OC)[C@@H]3C2)ccc1C(=O)NC1C2CC3CC(C2)CC1C3. The van der Waals surface area contributed by atoms with Gasteiger partial charge in [0.05, 0.1) is 18.6 Å². The van der Waals surface area contributed by atoms with Crippen molar-refractivity contribution in [1.29, 1.82) is 0 Å². The van der Waals surface area contributed by atoms with Gasteiger partial charge in [-0.2, -0.15) is 0 Å². The Morgan fingerprint density at radius 1 is 1.09 bits per heavy atom.